The maximum atomic E-state index is 12.1. The standard InChI is InChI=1S/C12H15I3N2O6/c1-4-22-8(20)5-23-10(21)9-13-11(16-6(2)18)15-12(14-9)17-7(3)19/h4-5H2,1-3H3,(H,16,18)(H,17,19). The summed E-state index contributed by atoms with van der Waals surface area (Å²) in [6.45, 7) is 4.27. The second-order valence-electron chi connectivity index (χ2n) is 3.81. The van der Waals surface area contributed by atoms with Gasteiger partial charge in [0.1, 0.15) is 4.79 Å². The molecule has 0 fully saturated rings. The maximum Gasteiger partial charge on any atom is 0.350 e. The molecule has 0 unspecified atom stereocenters. The zero-order valence-electron chi connectivity index (χ0n) is 12.5. The quantitative estimate of drug-likeness (QED) is 0.245. The summed E-state index contributed by atoms with van der Waals surface area (Å²) in [6, 6.07) is 0. The van der Waals surface area contributed by atoms with Gasteiger partial charge >= 0.3 is 11.9 Å². The van der Waals surface area contributed by atoms with Gasteiger partial charge in [0.2, 0.25) is 11.8 Å². The van der Waals surface area contributed by atoms with Gasteiger partial charge in [-0.3, -0.25) is 9.59 Å². The first-order valence-corrected chi connectivity index (χ1v) is 12.7. The van der Waals surface area contributed by atoms with Crippen molar-refractivity contribution in [3.05, 3.63) is 0 Å². The summed E-state index contributed by atoms with van der Waals surface area (Å²) in [6.07, 6.45) is 0. The van der Waals surface area contributed by atoms with E-state index in [1.165, 1.54) is 13.8 Å². The Morgan fingerprint density at radius 1 is 0.913 bits per heavy atom. The number of hydrogen-bond donors (Lipinski definition) is 2. The average Bonchev–Trinajstić information content (AvgIpc) is 2.43. The van der Waals surface area contributed by atoms with Gasteiger partial charge in [-0.15, -0.1) is 0 Å². The van der Waals surface area contributed by atoms with E-state index in [4.69, 9.17) is 9.47 Å². The largest absolute Gasteiger partial charge is 0.463 e. The van der Waals surface area contributed by atoms with E-state index >= 15 is 0 Å². The fraction of sp³-hybridized carbons (Fsp3) is 0.417. The third kappa shape index (κ3) is 8.37. The number of ether oxygens (including phenoxy) is 2. The molecule has 1 aliphatic rings. The van der Waals surface area contributed by atoms with Crippen LogP contribution in [0.25, 0.3) is 0 Å². The Morgan fingerprint density at radius 2 is 1.48 bits per heavy atom. The molecule has 0 atom stereocenters. The Kier molecular flexibility index (Phi) is 9.48. The van der Waals surface area contributed by atoms with E-state index in [0.29, 0.717) is 1.52 Å². The number of carbonyl (C=O) groups excluding carboxylic acids is 4. The Hall–Kier alpha value is -0.320. The van der Waals surface area contributed by atoms with Crippen LogP contribution >= 0.6 is 62.2 Å². The van der Waals surface area contributed by atoms with Gasteiger partial charge < -0.3 is 20.1 Å². The minimum atomic E-state index is -0.784. The lowest BCUT2D eigenvalue weighted by Gasteiger charge is -2.12. The van der Waals surface area contributed by atoms with E-state index in [1.54, 1.807) is 6.92 Å². The zero-order chi connectivity index (χ0) is 17.4. The van der Waals surface area contributed by atoms with Crippen molar-refractivity contribution < 1.29 is 28.7 Å². The molecular formula is C12H15I3N2O6. The smallest absolute Gasteiger partial charge is 0.350 e. The Morgan fingerprint density at radius 3 is 2.00 bits per heavy atom. The van der Waals surface area contributed by atoms with Crippen molar-refractivity contribution in [1.29, 1.82) is 0 Å². The molecule has 0 bridgehead atoms. The number of esters is 2. The predicted molar refractivity (Wildman–Crippen MR) is 112 cm³/mol. The second kappa shape index (κ2) is 10.5. The maximum absolute atomic E-state index is 12.1. The number of hydrogen-bond acceptors (Lipinski definition) is 6. The molecule has 0 saturated heterocycles. The van der Waals surface area contributed by atoms with E-state index in [9.17, 15) is 19.2 Å². The third-order valence-electron chi connectivity index (χ3n) is 1.82. The summed E-state index contributed by atoms with van der Waals surface area (Å²) in [5.41, 5.74) is 0. The molecular weight excluding hydrogens is 649 g/mol. The molecule has 0 spiro atoms. The van der Waals surface area contributed by atoms with E-state index in [-0.39, 0.29) is 18.4 Å². The van der Waals surface area contributed by atoms with Gasteiger partial charge in [0.05, 0.1) is 6.61 Å². The topological polar surface area (TPSA) is 111 Å². The first-order chi connectivity index (χ1) is 10.8. The van der Waals surface area contributed by atoms with Crippen LogP contribution in [-0.4, -0.2) is 41.8 Å². The van der Waals surface area contributed by atoms with E-state index in [2.05, 4.69) is 10.6 Å². The summed E-state index contributed by atoms with van der Waals surface area (Å²) < 4.78 is 12.0. The van der Waals surface area contributed by atoms with Gasteiger partial charge in [-0.25, -0.2) is 9.59 Å². The highest BCUT2D eigenvalue weighted by Crippen LogP contribution is 2.28. The molecule has 8 nitrogen and oxygen atoms in total. The molecule has 0 radical (unpaired) electrons. The fourth-order valence-electron chi connectivity index (χ4n) is 1.09. The number of nitrogens with one attached hydrogen (secondary N) is 2. The number of amides is 2. The van der Waals surface area contributed by atoms with Crippen LogP contribution in [0, 0.1) is 0 Å². The minimum absolute atomic E-state index is 0.194. The van der Waals surface area contributed by atoms with Crippen LogP contribution < -0.4 is 10.6 Å². The van der Waals surface area contributed by atoms with Crippen LogP contribution in [0.15, 0.2) is 0 Å². The van der Waals surface area contributed by atoms with Crippen molar-refractivity contribution in [3.8, 4) is 0 Å². The normalized spacial score (nSPS) is 14.1. The van der Waals surface area contributed by atoms with Crippen molar-refractivity contribution in [2.24, 2.45) is 0 Å². The molecule has 11 heteroatoms. The van der Waals surface area contributed by atoms with Crippen LogP contribution in [0.3, 0.4) is 0 Å². The van der Waals surface area contributed by atoms with Gasteiger partial charge in [-0.05, 0) is 69.1 Å². The fourth-order valence-corrected chi connectivity index (χ4v) is 23.6. The molecule has 0 aliphatic carbocycles. The lowest BCUT2D eigenvalue weighted by atomic mass is 10.7. The highest BCUT2D eigenvalue weighted by atomic mass is 127. The van der Waals surface area contributed by atoms with Crippen molar-refractivity contribution in [3.63, 3.8) is 0 Å². The second-order valence-corrected chi connectivity index (χ2v) is 18.1. The van der Waals surface area contributed by atoms with E-state index in [1.807, 2.05) is 0 Å². The molecule has 1 rings (SSSR count). The highest BCUT2D eigenvalue weighted by Gasteiger charge is 2.19. The molecule has 2 amide bonds. The third-order valence-corrected chi connectivity index (χ3v) is 14.8. The summed E-state index contributed by atoms with van der Waals surface area (Å²) in [5.74, 6) is -1.52. The summed E-state index contributed by atoms with van der Waals surface area (Å²) in [4.78, 5) is 45.8. The number of carbonyl (C=O) groups is 4. The van der Waals surface area contributed by atoms with Crippen molar-refractivity contribution in [2.45, 2.75) is 20.8 Å². The molecule has 23 heavy (non-hydrogen) atoms. The van der Waals surface area contributed by atoms with Gasteiger partial charge in [-0.1, -0.05) is 0 Å². The highest BCUT2D eigenvalue weighted by molar-refractivity contribution is 14.3. The van der Waals surface area contributed by atoms with Crippen LogP contribution in [-0.2, 0) is 28.7 Å². The summed E-state index contributed by atoms with van der Waals surface area (Å²) in [7, 11) is 0. The average molecular weight is 664 g/mol. The zero-order valence-corrected chi connectivity index (χ0v) is 19.0. The number of halogens is 3. The van der Waals surface area contributed by atoms with Gasteiger partial charge in [-0.2, -0.15) is 0 Å². The first kappa shape index (κ1) is 20.7. The van der Waals surface area contributed by atoms with Crippen molar-refractivity contribution >= 4 is 90.7 Å². The SMILES string of the molecule is CCOC(=O)COC(=O)C1=IC(NC(C)=O)=IC(NC(C)=O)=I1. The molecule has 0 aromatic heterocycles. The van der Waals surface area contributed by atoms with E-state index in [0.717, 1.165) is 3.28 Å². The van der Waals surface area contributed by atoms with E-state index < -0.39 is 80.7 Å². The monoisotopic (exact) mass is 664 g/mol. The van der Waals surface area contributed by atoms with Crippen molar-refractivity contribution in [2.75, 3.05) is 13.2 Å². The van der Waals surface area contributed by atoms with Gasteiger partial charge in [0.15, 0.2) is 6.61 Å². The lowest BCUT2D eigenvalue weighted by molar-refractivity contribution is -0.154. The molecule has 130 valence electrons. The van der Waals surface area contributed by atoms with Crippen LogP contribution in [0.4, 0.5) is 0 Å². The first-order valence-electron chi connectivity index (χ1n) is 6.25. The Bertz CT molecular complexity index is 610. The predicted octanol–water partition coefficient (Wildman–Crippen LogP) is 0.595. The minimum Gasteiger partial charge on any atom is -0.463 e. The summed E-state index contributed by atoms with van der Waals surface area (Å²) in [5, 5.41) is 5.51. The van der Waals surface area contributed by atoms with Crippen LogP contribution in [0.2, 0.25) is 0 Å². The summed E-state index contributed by atoms with van der Waals surface area (Å²) >= 11 is -2.19. The van der Waals surface area contributed by atoms with Gasteiger partial charge in [0, 0.05) is 13.8 Å². The lowest BCUT2D eigenvalue weighted by Crippen LogP contribution is -2.29. The van der Waals surface area contributed by atoms with Gasteiger partial charge in [0.25, 0.3) is 0 Å². The van der Waals surface area contributed by atoms with Crippen LogP contribution in [0.1, 0.15) is 20.8 Å². The molecule has 1 aliphatic heterocycles. The molecule has 0 aromatic carbocycles. The molecule has 1 heterocycles. The van der Waals surface area contributed by atoms with Crippen molar-refractivity contribution in [1.82, 2.24) is 10.6 Å². The molecule has 0 saturated carbocycles. The Labute approximate surface area is 162 Å². The van der Waals surface area contributed by atoms with Crippen LogP contribution in [0.5, 0.6) is 0 Å². The Balaban J connectivity index is 2.86. The molecule has 0 aromatic rings. The number of rotatable bonds is 6. The molecule has 2 N–H and O–H groups in total.